The molecule has 1 aromatic carbocycles. The monoisotopic (exact) mass is 280 g/mol. The van der Waals surface area contributed by atoms with Gasteiger partial charge in [0, 0.05) is 25.2 Å². The smallest absolute Gasteiger partial charge is 0.223 e. The highest BCUT2D eigenvalue weighted by molar-refractivity contribution is 5.91. The largest absolute Gasteiger partial charge is 0.316 e. The summed E-state index contributed by atoms with van der Waals surface area (Å²) in [5.74, 6) is 0.000940. The fourth-order valence-electron chi connectivity index (χ4n) is 2.20. The summed E-state index contributed by atoms with van der Waals surface area (Å²) >= 11 is 0. The summed E-state index contributed by atoms with van der Waals surface area (Å²) in [7, 11) is 1.76. The summed E-state index contributed by atoms with van der Waals surface area (Å²) < 4.78 is 1.82. The number of rotatable bonds is 2. The Kier molecular flexibility index (Phi) is 3.17. The van der Waals surface area contributed by atoms with Gasteiger partial charge in [-0.3, -0.25) is 4.79 Å². The SMILES string of the molecule is CC(=O)N(C)c1cccc(-c2ccc3ncc(C)n3n2)c1. The number of anilines is 1. The van der Waals surface area contributed by atoms with Gasteiger partial charge in [0.1, 0.15) is 0 Å². The van der Waals surface area contributed by atoms with E-state index in [4.69, 9.17) is 0 Å². The number of benzene rings is 1. The lowest BCUT2D eigenvalue weighted by atomic mass is 10.1. The summed E-state index contributed by atoms with van der Waals surface area (Å²) in [6.07, 6.45) is 1.80. The standard InChI is InChI=1S/C16H16N4O/c1-11-10-17-16-8-7-15(18-20(11)16)13-5-4-6-14(9-13)19(3)12(2)21/h4-10H,1-3H3. The first-order chi connectivity index (χ1) is 10.1. The van der Waals surface area contributed by atoms with Crippen LogP contribution in [-0.2, 0) is 4.79 Å². The van der Waals surface area contributed by atoms with E-state index >= 15 is 0 Å². The van der Waals surface area contributed by atoms with Crippen molar-refractivity contribution in [2.75, 3.05) is 11.9 Å². The van der Waals surface area contributed by atoms with Gasteiger partial charge in [0.2, 0.25) is 5.91 Å². The molecule has 0 atom stereocenters. The molecule has 5 nitrogen and oxygen atoms in total. The fourth-order valence-corrected chi connectivity index (χ4v) is 2.20. The second-order valence-electron chi connectivity index (χ2n) is 5.02. The molecule has 0 aliphatic carbocycles. The lowest BCUT2D eigenvalue weighted by Crippen LogP contribution is -2.22. The van der Waals surface area contributed by atoms with Crippen molar-refractivity contribution in [1.29, 1.82) is 0 Å². The number of hydrogen-bond acceptors (Lipinski definition) is 3. The van der Waals surface area contributed by atoms with Crippen molar-refractivity contribution in [1.82, 2.24) is 14.6 Å². The Labute approximate surface area is 122 Å². The quantitative estimate of drug-likeness (QED) is 0.725. The molecule has 0 bridgehead atoms. The van der Waals surface area contributed by atoms with Crippen molar-refractivity contribution < 1.29 is 4.79 Å². The Morgan fingerprint density at radius 1 is 1.24 bits per heavy atom. The van der Waals surface area contributed by atoms with E-state index < -0.39 is 0 Å². The molecule has 5 heteroatoms. The first-order valence-corrected chi connectivity index (χ1v) is 6.72. The zero-order valence-corrected chi connectivity index (χ0v) is 12.2. The predicted octanol–water partition coefficient (Wildman–Crippen LogP) is 2.69. The highest BCUT2D eigenvalue weighted by Crippen LogP contribution is 2.23. The van der Waals surface area contributed by atoms with Crippen LogP contribution in [0.5, 0.6) is 0 Å². The van der Waals surface area contributed by atoms with Crippen LogP contribution in [0.2, 0.25) is 0 Å². The van der Waals surface area contributed by atoms with Gasteiger partial charge in [-0.25, -0.2) is 9.50 Å². The number of aryl methyl sites for hydroxylation is 1. The molecule has 0 fully saturated rings. The van der Waals surface area contributed by atoms with Gasteiger partial charge in [-0.1, -0.05) is 12.1 Å². The third-order valence-electron chi connectivity index (χ3n) is 3.53. The zero-order valence-electron chi connectivity index (χ0n) is 12.2. The van der Waals surface area contributed by atoms with Crippen molar-refractivity contribution in [3.63, 3.8) is 0 Å². The van der Waals surface area contributed by atoms with E-state index in [1.54, 1.807) is 25.1 Å². The lowest BCUT2D eigenvalue weighted by Gasteiger charge is -2.15. The van der Waals surface area contributed by atoms with Crippen LogP contribution in [0.1, 0.15) is 12.6 Å². The molecule has 2 aromatic heterocycles. The minimum Gasteiger partial charge on any atom is -0.316 e. The number of nitrogens with zero attached hydrogens (tertiary/aromatic N) is 4. The van der Waals surface area contributed by atoms with E-state index in [2.05, 4.69) is 10.1 Å². The third kappa shape index (κ3) is 2.38. The van der Waals surface area contributed by atoms with Gasteiger partial charge in [0.25, 0.3) is 0 Å². The summed E-state index contributed by atoms with van der Waals surface area (Å²) in [4.78, 5) is 17.4. The van der Waals surface area contributed by atoms with E-state index in [0.29, 0.717) is 0 Å². The molecule has 1 amide bonds. The molecule has 106 valence electrons. The minimum atomic E-state index is 0.000940. The molecule has 0 radical (unpaired) electrons. The molecule has 21 heavy (non-hydrogen) atoms. The van der Waals surface area contributed by atoms with Gasteiger partial charge in [0.05, 0.1) is 17.6 Å². The highest BCUT2D eigenvalue weighted by atomic mass is 16.2. The van der Waals surface area contributed by atoms with Gasteiger partial charge in [0.15, 0.2) is 5.65 Å². The normalized spacial score (nSPS) is 10.8. The maximum atomic E-state index is 11.5. The second-order valence-corrected chi connectivity index (χ2v) is 5.02. The van der Waals surface area contributed by atoms with E-state index in [1.165, 1.54) is 0 Å². The number of fused-ring (bicyclic) bond motifs is 1. The Morgan fingerprint density at radius 2 is 2.05 bits per heavy atom. The first-order valence-electron chi connectivity index (χ1n) is 6.72. The van der Waals surface area contributed by atoms with Gasteiger partial charge in [-0.2, -0.15) is 5.10 Å². The van der Waals surface area contributed by atoms with Gasteiger partial charge in [-0.15, -0.1) is 0 Å². The van der Waals surface area contributed by atoms with Crippen LogP contribution in [0.3, 0.4) is 0 Å². The van der Waals surface area contributed by atoms with Crippen LogP contribution in [0.4, 0.5) is 5.69 Å². The number of imidazole rings is 1. The molecule has 3 aromatic rings. The molecular weight excluding hydrogens is 264 g/mol. The van der Waals surface area contributed by atoms with Crippen LogP contribution in [0.25, 0.3) is 16.9 Å². The Balaban J connectivity index is 2.07. The minimum absolute atomic E-state index is 0.000940. The van der Waals surface area contributed by atoms with E-state index in [-0.39, 0.29) is 5.91 Å². The molecule has 2 heterocycles. The summed E-state index contributed by atoms with van der Waals surface area (Å²) in [5.41, 5.74) is 4.49. The first kappa shape index (κ1) is 13.3. The van der Waals surface area contributed by atoms with E-state index in [1.807, 2.05) is 47.8 Å². The molecule has 0 aliphatic rings. The predicted molar refractivity (Wildman–Crippen MR) is 82.2 cm³/mol. The average molecular weight is 280 g/mol. The topological polar surface area (TPSA) is 50.5 Å². The molecule has 0 spiro atoms. The molecule has 0 saturated carbocycles. The maximum absolute atomic E-state index is 11.5. The average Bonchev–Trinajstić information content (AvgIpc) is 2.87. The molecule has 0 N–H and O–H groups in total. The van der Waals surface area contributed by atoms with Crippen molar-refractivity contribution >= 4 is 17.2 Å². The molecule has 0 saturated heterocycles. The van der Waals surface area contributed by atoms with Crippen LogP contribution >= 0.6 is 0 Å². The summed E-state index contributed by atoms with van der Waals surface area (Å²) in [6.45, 7) is 3.52. The number of amides is 1. The van der Waals surface area contributed by atoms with Gasteiger partial charge < -0.3 is 4.90 Å². The molecule has 3 rings (SSSR count). The number of carbonyl (C=O) groups excluding carboxylic acids is 1. The van der Waals surface area contributed by atoms with Crippen LogP contribution < -0.4 is 4.90 Å². The van der Waals surface area contributed by atoms with Gasteiger partial charge >= 0.3 is 0 Å². The number of aromatic nitrogens is 3. The Hall–Kier alpha value is -2.69. The Morgan fingerprint density at radius 3 is 2.81 bits per heavy atom. The molecule has 0 aliphatic heterocycles. The lowest BCUT2D eigenvalue weighted by molar-refractivity contribution is -0.116. The maximum Gasteiger partial charge on any atom is 0.223 e. The van der Waals surface area contributed by atoms with Crippen LogP contribution in [-0.4, -0.2) is 27.6 Å². The van der Waals surface area contributed by atoms with Crippen molar-refractivity contribution in [3.8, 4) is 11.3 Å². The highest BCUT2D eigenvalue weighted by Gasteiger charge is 2.08. The van der Waals surface area contributed by atoms with E-state index in [0.717, 1.165) is 28.3 Å². The third-order valence-corrected chi connectivity index (χ3v) is 3.53. The van der Waals surface area contributed by atoms with Crippen molar-refractivity contribution in [2.45, 2.75) is 13.8 Å². The molecule has 0 unspecified atom stereocenters. The van der Waals surface area contributed by atoms with Crippen LogP contribution in [0, 0.1) is 6.92 Å². The van der Waals surface area contributed by atoms with Crippen molar-refractivity contribution in [2.24, 2.45) is 0 Å². The van der Waals surface area contributed by atoms with Crippen LogP contribution in [0.15, 0.2) is 42.6 Å². The van der Waals surface area contributed by atoms with E-state index in [9.17, 15) is 4.79 Å². The zero-order chi connectivity index (χ0) is 15.0. The molecular formula is C16H16N4O. The summed E-state index contributed by atoms with van der Waals surface area (Å²) in [6, 6.07) is 11.7. The van der Waals surface area contributed by atoms with Gasteiger partial charge in [-0.05, 0) is 31.2 Å². The summed E-state index contributed by atoms with van der Waals surface area (Å²) in [5, 5.41) is 4.60. The number of carbonyl (C=O) groups is 1. The fraction of sp³-hybridized carbons (Fsp3) is 0.188. The van der Waals surface area contributed by atoms with Crippen molar-refractivity contribution in [3.05, 3.63) is 48.3 Å². The number of hydrogen-bond donors (Lipinski definition) is 0. The second kappa shape index (κ2) is 5.01. The Bertz CT molecular complexity index is 822.